The maximum Gasteiger partial charge on any atom is 0.254 e. The number of piperazine rings is 1. The molecule has 1 saturated carbocycles. The first-order chi connectivity index (χ1) is 14.5. The largest absolute Gasteiger partial charge is 0.497 e. The lowest BCUT2D eigenvalue weighted by molar-refractivity contribution is -0.135. The van der Waals surface area contributed by atoms with Gasteiger partial charge in [-0.1, -0.05) is 29.8 Å². The van der Waals surface area contributed by atoms with Crippen LogP contribution in [0.5, 0.6) is 11.5 Å². The second-order valence-corrected chi connectivity index (χ2v) is 8.14. The molecule has 4 rings (SSSR count). The fraction of sp³-hybridized carbons (Fsp3) is 0.417. The van der Waals surface area contributed by atoms with Crippen molar-refractivity contribution in [1.29, 1.82) is 0 Å². The van der Waals surface area contributed by atoms with Gasteiger partial charge in [-0.25, -0.2) is 0 Å². The number of carbonyl (C=O) groups is 2. The first-order valence-corrected chi connectivity index (χ1v) is 10.4. The van der Waals surface area contributed by atoms with Crippen LogP contribution in [0.4, 0.5) is 0 Å². The average molecular weight is 408 g/mol. The van der Waals surface area contributed by atoms with Crippen LogP contribution in [-0.4, -0.2) is 62.0 Å². The van der Waals surface area contributed by atoms with E-state index >= 15 is 0 Å². The lowest BCUT2D eigenvalue weighted by atomic mass is 9.92. The molecule has 1 aliphatic heterocycles. The zero-order valence-electron chi connectivity index (χ0n) is 17.8. The van der Waals surface area contributed by atoms with Crippen molar-refractivity contribution >= 4 is 11.8 Å². The second kappa shape index (κ2) is 8.01. The smallest absolute Gasteiger partial charge is 0.254 e. The third-order valence-electron chi connectivity index (χ3n) is 6.18. The van der Waals surface area contributed by atoms with Crippen molar-refractivity contribution in [3.8, 4) is 11.5 Å². The number of methoxy groups -OCH3 is 2. The van der Waals surface area contributed by atoms with Gasteiger partial charge < -0.3 is 19.3 Å². The van der Waals surface area contributed by atoms with Gasteiger partial charge in [0.15, 0.2) is 0 Å². The van der Waals surface area contributed by atoms with Gasteiger partial charge in [0.2, 0.25) is 5.91 Å². The van der Waals surface area contributed by atoms with Gasteiger partial charge in [0.05, 0.1) is 19.6 Å². The minimum atomic E-state index is -0.363. The van der Waals surface area contributed by atoms with Crippen molar-refractivity contribution in [2.75, 3.05) is 40.4 Å². The van der Waals surface area contributed by atoms with Crippen LogP contribution in [0.3, 0.4) is 0 Å². The Labute approximate surface area is 177 Å². The maximum absolute atomic E-state index is 13.3. The molecular formula is C24H28N2O4. The van der Waals surface area contributed by atoms with Crippen LogP contribution in [-0.2, 0) is 10.2 Å². The molecule has 2 aromatic rings. The number of hydrogen-bond acceptors (Lipinski definition) is 4. The van der Waals surface area contributed by atoms with Crippen LogP contribution in [0, 0.1) is 6.92 Å². The van der Waals surface area contributed by atoms with Gasteiger partial charge in [0, 0.05) is 37.8 Å². The average Bonchev–Trinajstić information content (AvgIpc) is 3.60. The SMILES string of the molecule is COc1cc(OC)cc(C(=O)N2CCN(C(=O)C3(c4cccc(C)c4)CC3)CC2)c1. The lowest BCUT2D eigenvalue weighted by Crippen LogP contribution is -2.53. The van der Waals surface area contributed by atoms with Crippen LogP contribution < -0.4 is 9.47 Å². The molecule has 0 radical (unpaired) electrons. The molecule has 158 valence electrons. The molecule has 2 fully saturated rings. The summed E-state index contributed by atoms with van der Waals surface area (Å²) >= 11 is 0. The van der Waals surface area contributed by atoms with E-state index in [9.17, 15) is 9.59 Å². The molecule has 2 amide bonds. The van der Waals surface area contributed by atoms with E-state index in [0.29, 0.717) is 43.2 Å². The van der Waals surface area contributed by atoms with E-state index in [0.717, 1.165) is 18.4 Å². The Hall–Kier alpha value is -3.02. The molecule has 30 heavy (non-hydrogen) atoms. The summed E-state index contributed by atoms with van der Waals surface area (Å²) in [4.78, 5) is 30.0. The number of nitrogens with zero attached hydrogens (tertiary/aromatic N) is 2. The molecule has 6 nitrogen and oxygen atoms in total. The number of carbonyl (C=O) groups excluding carboxylic acids is 2. The summed E-state index contributed by atoms with van der Waals surface area (Å²) < 4.78 is 10.5. The summed E-state index contributed by atoms with van der Waals surface area (Å²) in [5.74, 6) is 1.29. The van der Waals surface area contributed by atoms with E-state index < -0.39 is 0 Å². The van der Waals surface area contributed by atoms with E-state index in [2.05, 4.69) is 25.1 Å². The monoisotopic (exact) mass is 408 g/mol. The van der Waals surface area contributed by atoms with Crippen LogP contribution in [0.1, 0.15) is 34.3 Å². The highest BCUT2D eigenvalue weighted by Crippen LogP contribution is 2.49. The Morgan fingerprint density at radius 3 is 2.00 bits per heavy atom. The first-order valence-electron chi connectivity index (χ1n) is 10.4. The van der Waals surface area contributed by atoms with Gasteiger partial charge >= 0.3 is 0 Å². The zero-order valence-corrected chi connectivity index (χ0v) is 17.8. The molecular weight excluding hydrogens is 380 g/mol. The Morgan fingerprint density at radius 2 is 1.47 bits per heavy atom. The van der Waals surface area contributed by atoms with E-state index in [1.807, 2.05) is 11.0 Å². The Balaban J connectivity index is 1.43. The van der Waals surface area contributed by atoms with E-state index in [1.165, 1.54) is 5.56 Å². The minimum absolute atomic E-state index is 0.0703. The fourth-order valence-electron chi connectivity index (χ4n) is 4.22. The second-order valence-electron chi connectivity index (χ2n) is 8.14. The van der Waals surface area contributed by atoms with Gasteiger partial charge in [0.1, 0.15) is 11.5 Å². The maximum atomic E-state index is 13.3. The molecule has 0 bridgehead atoms. The predicted molar refractivity (Wildman–Crippen MR) is 114 cm³/mol. The lowest BCUT2D eigenvalue weighted by Gasteiger charge is -2.37. The molecule has 0 aromatic heterocycles. The summed E-state index contributed by atoms with van der Waals surface area (Å²) in [6, 6.07) is 13.5. The molecule has 0 atom stereocenters. The highest BCUT2D eigenvalue weighted by Gasteiger charge is 2.53. The van der Waals surface area contributed by atoms with Crippen molar-refractivity contribution in [2.45, 2.75) is 25.2 Å². The summed E-state index contributed by atoms with van der Waals surface area (Å²) in [7, 11) is 3.13. The molecule has 1 heterocycles. The Bertz CT molecular complexity index is 937. The van der Waals surface area contributed by atoms with Crippen molar-refractivity contribution in [3.63, 3.8) is 0 Å². The predicted octanol–water partition coefficient (Wildman–Crippen LogP) is 3.03. The summed E-state index contributed by atoms with van der Waals surface area (Å²) in [5, 5.41) is 0. The molecule has 2 aliphatic rings. The zero-order chi connectivity index (χ0) is 21.3. The molecule has 0 spiro atoms. The standard InChI is InChI=1S/C24H28N2O4/c1-17-5-4-6-19(13-17)24(7-8-24)23(28)26-11-9-25(10-12-26)22(27)18-14-20(29-2)16-21(15-18)30-3/h4-6,13-16H,7-12H2,1-3H3. The highest BCUT2D eigenvalue weighted by molar-refractivity contribution is 5.96. The quantitative estimate of drug-likeness (QED) is 0.763. The van der Waals surface area contributed by atoms with Crippen molar-refractivity contribution in [3.05, 3.63) is 59.2 Å². The van der Waals surface area contributed by atoms with E-state index in [-0.39, 0.29) is 17.2 Å². The first kappa shape index (κ1) is 20.3. The Kier molecular flexibility index (Phi) is 5.41. The number of aryl methyl sites for hydroxylation is 1. The van der Waals surface area contributed by atoms with Crippen LogP contribution in [0.2, 0.25) is 0 Å². The number of hydrogen-bond donors (Lipinski definition) is 0. The molecule has 6 heteroatoms. The molecule has 0 N–H and O–H groups in total. The minimum Gasteiger partial charge on any atom is -0.497 e. The van der Waals surface area contributed by atoms with Crippen LogP contribution in [0.25, 0.3) is 0 Å². The summed E-state index contributed by atoms with van der Waals surface area (Å²) in [6.45, 7) is 4.21. The van der Waals surface area contributed by atoms with Gasteiger partial charge in [-0.05, 0) is 37.5 Å². The fourth-order valence-corrected chi connectivity index (χ4v) is 4.22. The van der Waals surface area contributed by atoms with Gasteiger partial charge in [-0.15, -0.1) is 0 Å². The number of benzene rings is 2. The third-order valence-corrected chi connectivity index (χ3v) is 6.18. The van der Waals surface area contributed by atoms with Gasteiger partial charge in [0.25, 0.3) is 5.91 Å². The molecule has 1 saturated heterocycles. The normalized spacial score (nSPS) is 17.4. The van der Waals surface area contributed by atoms with Crippen LogP contribution >= 0.6 is 0 Å². The van der Waals surface area contributed by atoms with Gasteiger partial charge in [-0.2, -0.15) is 0 Å². The topological polar surface area (TPSA) is 59.1 Å². The highest BCUT2D eigenvalue weighted by atomic mass is 16.5. The molecule has 2 aromatic carbocycles. The van der Waals surface area contributed by atoms with Crippen molar-refractivity contribution in [1.82, 2.24) is 9.80 Å². The summed E-state index contributed by atoms with van der Waals surface area (Å²) in [6.07, 6.45) is 1.80. The third kappa shape index (κ3) is 3.74. The van der Waals surface area contributed by atoms with Gasteiger partial charge in [-0.3, -0.25) is 9.59 Å². The summed E-state index contributed by atoms with van der Waals surface area (Å²) in [5.41, 5.74) is 2.47. The van der Waals surface area contributed by atoms with E-state index in [1.54, 1.807) is 37.3 Å². The Morgan fingerprint density at radius 1 is 0.867 bits per heavy atom. The van der Waals surface area contributed by atoms with Crippen molar-refractivity contribution in [2.24, 2.45) is 0 Å². The van der Waals surface area contributed by atoms with E-state index in [4.69, 9.17) is 9.47 Å². The van der Waals surface area contributed by atoms with Crippen LogP contribution in [0.15, 0.2) is 42.5 Å². The molecule has 1 aliphatic carbocycles. The van der Waals surface area contributed by atoms with Crippen molar-refractivity contribution < 1.29 is 19.1 Å². The molecule has 0 unspecified atom stereocenters. The number of ether oxygens (including phenoxy) is 2. The number of amides is 2. The number of rotatable bonds is 5.